The van der Waals surface area contributed by atoms with Crippen molar-refractivity contribution in [1.82, 2.24) is 0 Å². The maximum absolute atomic E-state index is 8.17. The van der Waals surface area contributed by atoms with Gasteiger partial charge in [0.1, 0.15) is 0 Å². The molecule has 0 rings (SSSR count). The van der Waals surface area contributed by atoms with Gasteiger partial charge in [0.2, 0.25) is 0 Å². The van der Waals surface area contributed by atoms with Crippen molar-refractivity contribution in [3.8, 4) is 0 Å². The zero-order valence-corrected chi connectivity index (χ0v) is 11.8. The minimum atomic E-state index is -2.57. The van der Waals surface area contributed by atoms with Crippen molar-refractivity contribution < 1.29 is 13.3 Å². The number of rotatable bonds is 10. The summed E-state index contributed by atoms with van der Waals surface area (Å²) < 4.78 is 16.9. The summed E-state index contributed by atoms with van der Waals surface area (Å²) in [6.07, 6.45) is 0. The molecule has 0 bridgehead atoms. The van der Waals surface area contributed by atoms with E-state index in [2.05, 4.69) is 10.0 Å². The lowest BCUT2D eigenvalue weighted by Crippen LogP contribution is -2.49. The van der Waals surface area contributed by atoms with E-state index in [0.717, 1.165) is 0 Å². The molecule has 8 heteroatoms. The lowest BCUT2D eigenvalue weighted by Gasteiger charge is -2.27. The molecule has 0 amide bonds. The second kappa shape index (κ2) is 9.95. The molecule has 0 aromatic rings. The molecule has 0 unspecified atom stereocenters. The smallest absolute Gasteiger partial charge is 0.373 e. The summed E-state index contributed by atoms with van der Waals surface area (Å²) in [6, 6.07) is 0. The highest BCUT2D eigenvalue weighted by molar-refractivity contribution is 8.00. The molecule has 0 aliphatic heterocycles. The number of hydrogen-bond acceptors (Lipinski definition) is 5. The third-order valence-corrected chi connectivity index (χ3v) is 6.30. The van der Waals surface area contributed by atoms with Crippen LogP contribution >= 0.6 is 11.8 Å². The van der Waals surface area contributed by atoms with Crippen LogP contribution in [0.2, 0.25) is 0 Å². The summed E-state index contributed by atoms with van der Waals surface area (Å²) in [5, 5.41) is 4.07. The van der Waals surface area contributed by atoms with Crippen molar-refractivity contribution in [3.63, 3.8) is 0 Å². The second-order valence-electron chi connectivity index (χ2n) is 2.69. The molecule has 0 saturated heterocycles. The Hall–Kier alpha value is -0.243. The fourth-order valence-electron chi connectivity index (χ4n) is 1.15. The minimum absolute atomic E-state index is 0.373. The molecular weight excluding hydrogens is 246 g/mol. The first-order chi connectivity index (χ1) is 7.74. The molecule has 0 spiro atoms. The summed E-state index contributed by atoms with van der Waals surface area (Å²) in [5.74, 6) is 0.373. The van der Waals surface area contributed by atoms with E-state index in [9.17, 15) is 0 Å². The van der Waals surface area contributed by atoms with Crippen LogP contribution in [0.1, 0.15) is 20.8 Å². The van der Waals surface area contributed by atoms with Crippen molar-refractivity contribution in [2.75, 3.05) is 31.1 Å². The summed E-state index contributed by atoms with van der Waals surface area (Å²) in [4.78, 5) is 2.69. The van der Waals surface area contributed by atoms with Gasteiger partial charge in [-0.3, -0.25) is 0 Å². The molecule has 0 aromatic heterocycles. The van der Waals surface area contributed by atoms with Crippen molar-refractivity contribution >= 4 is 20.6 Å². The highest BCUT2D eigenvalue weighted by Crippen LogP contribution is 2.17. The summed E-state index contributed by atoms with van der Waals surface area (Å²) >= 11 is 1.47. The van der Waals surface area contributed by atoms with Crippen LogP contribution in [0.15, 0.2) is 5.11 Å². The second-order valence-corrected chi connectivity index (χ2v) is 6.74. The Morgan fingerprint density at radius 2 is 1.62 bits per heavy atom. The molecule has 94 valence electrons. The fourth-order valence-corrected chi connectivity index (χ4v) is 5.21. The molecule has 0 fully saturated rings. The molecular formula is C8H19N3O3SSi. The van der Waals surface area contributed by atoms with Gasteiger partial charge in [-0.15, -0.1) is 0 Å². The molecule has 0 aromatic carbocycles. The average molecular weight is 265 g/mol. The molecule has 0 aliphatic rings. The zero-order valence-electron chi connectivity index (χ0n) is 10.0. The van der Waals surface area contributed by atoms with Crippen molar-refractivity contribution in [3.05, 3.63) is 10.4 Å². The molecule has 0 aliphatic carbocycles. The zero-order chi connectivity index (χ0) is 12.3. The van der Waals surface area contributed by atoms with Crippen LogP contribution in [0.5, 0.6) is 0 Å². The number of thioether (sulfide) groups is 1. The topological polar surface area (TPSA) is 76.5 Å². The van der Waals surface area contributed by atoms with Crippen LogP contribution in [-0.4, -0.2) is 39.9 Å². The van der Waals surface area contributed by atoms with E-state index in [1.807, 2.05) is 20.8 Å². The molecule has 16 heavy (non-hydrogen) atoms. The van der Waals surface area contributed by atoms with E-state index in [1.165, 1.54) is 11.8 Å². The Kier molecular flexibility index (Phi) is 9.79. The summed E-state index contributed by atoms with van der Waals surface area (Å²) in [6.45, 7) is 7.44. The molecule has 0 N–H and O–H groups in total. The summed E-state index contributed by atoms with van der Waals surface area (Å²) in [5.41, 5.74) is 8.17. The third kappa shape index (κ3) is 6.36. The minimum Gasteiger partial charge on any atom is -0.373 e. The highest BCUT2D eigenvalue weighted by atomic mass is 32.2. The molecule has 0 atom stereocenters. The van der Waals surface area contributed by atoms with Crippen molar-refractivity contribution in [2.24, 2.45) is 5.11 Å². The lowest BCUT2D eigenvalue weighted by molar-refractivity contribution is 0.0773. The third-order valence-electron chi connectivity index (χ3n) is 1.58. The van der Waals surface area contributed by atoms with Gasteiger partial charge in [0.15, 0.2) is 0 Å². The van der Waals surface area contributed by atoms with E-state index >= 15 is 0 Å². The van der Waals surface area contributed by atoms with E-state index in [-0.39, 0.29) is 0 Å². The van der Waals surface area contributed by atoms with Crippen LogP contribution in [0.4, 0.5) is 0 Å². The molecule has 6 nitrogen and oxygen atoms in total. The van der Waals surface area contributed by atoms with Crippen LogP contribution in [0.3, 0.4) is 0 Å². The van der Waals surface area contributed by atoms with E-state index in [4.69, 9.17) is 18.8 Å². The molecule has 0 heterocycles. The van der Waals surface area contributed by atoms with E-state index in [0.29, 0.717) is 31.1 Å². The van der Waals surface area contributed by atoms with Crippen LogP contribution in [0.25, 0.3) is 10.4 Å². The quantitative estimate of drug-likeness (QED) is 0.200. The molecule has 0 saturated carbocycles. The van der Waals surface area contributed by atoms with Crippen molar-refractivity contribution in [2.45, 2.75) is 20.8 Å². The average Bonchev–Trinajstić information content (AvgIpc) is 2.26. The Bertz CT molecular complexity index is 210. The summed E-state index contributed by atoms with van der Waals surface area (Å²) in [7, 11) is -2.57. The van der Waals surface area contributed by atoms with Crippen LogP contribution in [0, 0.1) is 0 Å². The first-order valence-electron chi connectivity index (χ1n) is 5.25. The first-order valence-corrected chi connectivity index (χ1v) is 8.33. The van der Waals surface area contributed by atoms with Gasteiger partial charge in [-0.1, -0.05) is 5.11 Å². The van der Waals surface area contributed by atoms with Gasteiger partial charge in [0.25, 0.3) is 0 Å². The van der Waals surface area contributed by atoms with Gasteiger partial charge in [0, 0.05) is 24.7 Å². The van der Waals surface area contributed by atoms with E-state index < -0.39 is 8.80 Å². The van der Waals surface area contributed by atoms with Gasteiger partial charge >= 0.3 is 8.80 Å². The fraction of sp³-hybridized carbons (Fsp3) is 1.00. The van der Waals surface area contributed by atoms with Gasteiger partial charge < -0.3 is 13.3 Å². The monoisotopic (exact) mass is 265 g/mol. The Morgan fingerprint density at radius 1 is 1.12 bits per heavy atom. The van der Waals surface area contributed by atoms with Gasteiger partial charge in [-0.25, -0.2) is 0 Å². The predicted molar refractivity (Wildman–Crippen MR) is 67.1 cm³/mol. The standard InChI is InChI=1S/C8H19N3O3SSi/c1-4-12-16(13-5-2,14-6-3)8-15-7-10-11-9/h4-8H2,1-3H3. The van der Waals surface area contributed by atoms with Gasteiger partial charge in [-0.05, 0) is 26.3 Å². The molecule has 0 radical (unpaired) electrons. The lowest BCUT2D eigenvalue weighted by atomic mass is 10.9. The Balaban J connectivity index is 4.27. The van der Waals surface area contributed by atoms with E-state index in [1.54, 1.807) is 0 Å². The first kappa shape index (κ1) is 15.8. The SMILES string of the molecule is CCO[Si](CSCN=[N+]=[N-])(OCC)OCC. The Labute approximate surface area is 102 Å². The number of hydrogen-bond donors (Lipinski definition) is 0. The number of azide groups is 1. The van der Waals surface area contributed by atoms with Gasteiger partial charge in [-0.2, -0.15) is 11.8 Å². The van der Waals surface area contributed by atoms with Crippen LogP contribution in [-0.2, 0) is 13.3 Å². The van der Waals surface area contributed by atoms with Gasteiger partial charge in [0.05, 0.1) is 11.3 Å². The Morgan fingerprint density at radius 3 is 2.00 bits per heavy atom. The van der Waals surface area contributed by atoms with Crippen molar-refractivity contribution in [1.29, 1.82) is 0 Å². The highest BCUT2D eigenvalue weighted by Gasteiger charge is 2.40. The number of nitrogens with zero attached hydrogens (tertiary/aromatic N) is 3. The van der Waals surface area contributed by atoms with Crippen LogP contribution < -0.4 is 0 Å². The predicted octanol–water partition coefficient (Wildman–Crippen LogP) is 2.58. The maximum Gasteiger partial charge on any atom is 0.511 e. The maximum atomic E-state index is 8.17. The largest absolute Gasteiger partial charge is 0.511 e. The normalized spacial score (nSPS) is 11.2.